The van der Waals surface area contributed by atoms with E-state index in [1.807, 2.05) is 13.1 Å². The predicted octanol–water partition coefficient (Wildman–Crippen LogP) is 7.34. The fraction of sp³-hybridized carbons (Fsp3) is 0.0385. The molecule has 1 N–H and O–H groups in total. The van der Waals surface area contributed by atoms with E-state index in [0.29, 0.717) is 0 Å². The summed E-state index contributed by atoms with van der Waals surface area (Å²) in [5.41, 5.74) is 8.11. The van der Waals surface area contributed by atoms with Gasteiger partial charge in [-0.3, -0.25) is 0 Å². The van der Waals surface area contributed by atoms with Gasteiger partial charge in [0, 0.05) is 18.2 Å². The first-order valence-electron chi connectivity index (χ1n) is 9.66. The molecule has 0 saturated carbocycles. The smallest absolute Gasteiger partial charge is 0.124 e. The Labute approximate surface area is 174 Å². The number of nitrogens with zero attached hydrogens (tertiary/aromatic N) is 1. The minimum absolute atomic E-state index is 1.02. The van der Waals surface area contributed by atoms with Gasteiger partial charge in [0.15, 0.2) is 0 Å². The third kappa shape index (κ3) is 3.20. The minimum Gasteiger partial charge on any atom is -0.386 e. The molecule has 140 valence electrons. The molecule has 5 rings (SSSR count). The summed E-state index contributed by atoms with van der Waals surface area (Å²) in [6, 6.07) is 33.8. The number of thiazole rings is 1. The summed E-state index contributed by atoms with van der Waals surface area (Å²) in [5, 5.41) is 4.53. The van der Waals surface area contributed by atoms with E-state index in [1.54, 1.807) is 11.3 Å². The van der Waals surface area contributed by atoms with Crippen molar-refractivity contribution in [3.63, 3.8) is 0 Å². The zero-order valence-corrected chi connectivity index (χ0v) is 16.9. The Morgan fingerprint density at radius 3 is 1.83 bits per heavy atom. The highest BCUT2D eigenvalue weighted by Gasteiger charge is 2.19. The van der Waals surface area contributed by atoms with Crippen molar-refractivity contribution in [1.82, 2.24) is 4.98 Å². The maximum absolute atomic E-state index is 4.99. The van der Waals surface area contributed by atoms with Crippen LogP contribution in [0.1, 0.15) is 0 Å². The van der Waals surface area contributed by atoms with Crippen LogP contribution in [0.3, 0.4) is 0 Å². The van der Waals surface area contributed by atoms with Crippen molar-refractivity contribution in [1.29, 1.82) is 0 Å². The summed E-state index contributed by atoms with van der Waals surface area (Å²) in [4.78, 5) is 4.99. The minimum atomic E-state index is 1.02. The number of rotatable bonds is 4. The highest BCUT2D eigenvalue weighted by atomic mass is 32.1. The van der Waals surface area contributed by atoms with Crippen molar-refractivity contribution in [2.24, 2.45) is 0 Å². The van der Waals surface area contributed by atoms with E-state index in [9.17, 15) is 0 Å². The van der Waals surface area contributed by atoms with E-state index in [4.69, 9.17) is 4.98 Å². The fourth-order valence-electron chi connectivity index (χ4n) is 3.76. The molecular weight excluding hydrogens is 372 g/mol. The topological polar surface area (TPSA) is 24.9 Å². The SMILES string of the molecule is CNc1c(-c2ccccc2)c(-c2ccccc2)cc2nc(-c3ccccc3)sc12. The lowest BCUT2D eigenvalue weighted by Crippen LogP contribution is -1.96. The van der Waals surface area contributed by atoms with Crippen LogP contribution in [0.25, 0.3) is 43.0 Å². The van der Waals surface area contributed by atoms with Gasteiger partial charge in [0.05, 0.1) is 15.9 Å². The van der Waals surface area contributed by atoms with Crippen LogP contribution in [0.4, 0.5) is 5.69 Å². The van der Waals surface area contributed by atoms with Gasteiger partial charge in [-0.05, 0) is 22.8 Å². The molecule has 1 heterocycles. The molecule has 0 unspecified atom stereocenters. The van der Waals surface area contributed by atoms with Gasteiger partial charge in [0.2, 0.25) is 0 Å². The predicted molar refractivity (Wildman–Crippen MR) is 125 cm³/mol. The second-order valence-corrected chi connectivity index (χ2v) is 7.89. The van der Waals surface area contributed by atoms with Gasteiger partial charge in [-0.2, -0.15) is 0 Å². The van der Waals surface area contributed by atoms with Crippen molar-refractivity contribution >= 4 is 27.2 Å². The lowest BCUT2D eigenvalue weighted by molar-refractivity contribution is 1.46. The third-order valence-corrected chi connectivity index (χ3v) is 6.24. The molecule has 1 aromatic heterocycles. The highest BCUT2D eigenvalue weighted by Crippen LogP contribution is 2.45. The Morgan fingerprint density at radius 1 is 0.690 bits per heavy atom. The average molecular weight is 393 g/mol. The lowest BCUT2D eigenvalue weighted by atomic mass is 9.92. The fourth-order valence-corrected chi connectivity index (χ4v) is 4.87. The summed E-state index contributed by atoms with van der Waals surface area (Å²) >= 11 is 1.74. The van der Waals surface area contributed by atoms with E-state index in [1.165, 1.54) is 27.0 Å². The largest absolute Gasteiger partial charge is 0.386 e. The molecule has 0 fully saturated rings. The number of anilines is 1. The number of hydrogen-bond donors (Lipinski definition) is 1. The summed E-state index contributed by atoms with van der Waals surface area (Å²) in [6.07, 6.45) is 0. The van der Waals surface area contributed by atoms with E-state index in [2.05, 4.69) is 96.3 Å². The number of nitrogens with one attached hydrogen (secondary N) is 1. The Bertz CT molecular complexity index is 1260. The molecule has 5 aromatic rings. The molecule has 0 spiro atoms. The first kappa shape index (κ1) is 17.7. The van der Waals surface area contributed by atoms with Crippen LogP contribution in [0.2, 0.25) is 0 Å². The first-order valence-corrected chi connectivity index (χ1v) is 10.5. The molecule has 3 heteroatoms. The maximum atomic E-state index is 4.99. The van der Waals surface area contributed by atoms with E-state index in [-0.39, 0.29) is 0 Å². The standard InChI is InChI=1S/C26H20N2S/c1-27-24-23(19-13-7-3-8-14-19)21(18-11-5-2-6-12-18)17-22-25(24)29-26(28-22)20-15-9-4-10-16-20/h2-17,27H,1H3. The molecule has 0 aliphatic heterocycles. The molecule has 4 aromatic carbocycles. The van der Waals surface area contributed by atoms with Gasteiger partial charge in [-0.25, -0.2) is 4.98 Å². The van der Waals surface area contributed by atoms with Gasteiger partial charge in [0.1, 0.15) is 5.01 Å². The summed E-state index contributed by atoms with van der Waals surface area (Å²) in [5.74, 6) is 0. The molecule has 0 amide bonds. The second-order valence-electron chi connectivity index (χ2n) is 6.89. The molecule has 2 nitrogen and oxygen atoms in total. The molecule has 29 heavy (non-hydrogen) atoms. The molecule has 0 aliphatic carbocycles. The molecule has 0 atom stereocenters. The lowest BCUT2D eigenvalue weighted by Gasteiger charge is -2.16. The van der Waals surface area contributed by atoms with Crippen LogP contribution in [0.5, 0.6) is 0 Å². The van der Waals surface area contributed by atoms with E-state index in [0.717, 1.165) is 21.8 Å². The number of benzene rings is 4. The Hall–Kier alpha value is -3.43. The number of fused-ring (bicyclic) bond motifs is 1. The molecule has 0 aliphatic rings. The second kappa shape index (κ2) is 7.53. The summed E-state index contributed by atoms with van der Waals surface area (Å²) < 4.78 is 1.19. The van der Waals surface area contributed by atoms with Gasteiger partial charge in [-0.1, -0.05) is 91.0 Å². The normalized spacial score (nSPS) is 10.9. The molecule has 0 radical (unpaired) electrons. The molecule has 0 bridgehead atoms. The Morgan fingerprint density at radius 2 is 1.24 bits per heavy atom. The number of hydrogen-bond acceptors (Lipinski definition) is 3. The van der Waals surface area contributed by atoms with E-state index >= 15 is 0 Å². The van der Waals surface area contributed by atoms with Crippen LogP contribution >= 0.6 is 11.3 Å². The molecular formula is C26H20N2S. The van der Waals surface area contributed by atoms with Gasteiger partial charge < -0.3 is 5.32 Å². The van der Waals surface area contributed by atoms with Crippen molar-refractivity contribution in [2.75, 3.05) is 12.4 Å². The van der Waals surface area contributed by atoms with Crippen LogP contribution in [-0.2, 0) is 0 Å². The van der Waals surface area contributed by atoms with Crippen LogP contribution < -0.4 is 5.32 Å². The van der Waals surface area contributed by atoms with Crippen molar-refractivity contribution in [3.8, 4) is 32.8 Å². The summed E-state index contributed by atoms with van der Waals surface area (Å²) in [6.45, 7) is 0. The van der Waals surface area contributed by atoms with Crippen LogP contribution in [0.15, 0.2) is 97.1 Å². The zero-order chi connectivity index (χ0) is 19.6. The first-order chi connectivity index (χ1) is 14.3. The van der Waals surface area contributed by atoms with Crippen molar-refractivity contribution in [3.05, 3.63) is 97.1 Å². The monoisotopic (exact) mass is 392 g/mol. The Kier molecular flexibility index (Phi) is 4.59. The maximum Gasteiger partial charge on any atom is 0.124 e. The van der Waals surface area contributed by atoms with Crippen molar-refractivity contribution in [2.45, 2.75) is 0 Å². The van der Waals surface area contributed by atoms with E-state index < -0.39 is 0 Å². The van der Waals surface area contributed by atoms with Crippen molar-refractivity contribution < 1.29 is 0 Å². The zero-order valence-electron chi connectivity index (χ0n) is 16.1. The summed E-state index contributed by atoms with van der Waals surface area (Å²) in [7, 11) is 2.00. The Balaban J connectivity index is 1.84. The van der Waals surface area contributed by atoms with Gasteiger partial charge >= 0.3 is 0 Å². The highest BCUT2D eigenvalue weighted by molar-refractivity contribution is 7.22. The third-order valence-electron chi connectivity index (χ3n) is 5.10. The van der Waals surface area contributed by atoms with Crippen LogP contribution in [0, 0.1) is 0 Å². The molecule has 0 saturated heterocycles. The number of aromatic nitrogens is 1. The quantitative estimate of drug-likeness (QED) is 0.346. The van der Waals surface area contributed by atoms with Crippen LogP contribution in [-0.4, -0.2) is 12.0 Å². The van der Waals surface area contributed by atoms with Gasteiger partial charge in [-0.15, -0.1) is 11.3 Å². The average Bonchev–Trinajstić information content (AvgIpc) is 3.23. The van der Waals surface area contributed by atoms with Gasteiger partial charge in [0.25, 0.3) is 0 Å².